The molecule has 1 atom stereocenters. The second kappa shape index (κ2) is 5.47. The summed E-state index contributed by atoms with van der Waals surface area (Å²) in [5, 5.41) is 12.5. The summed E-state index contributed by atoms with van der Waals surface area (Å²) in [7, 11) is 0. The fourth-order valence-electron chi connectivity index (χ4n) is 1.92. The minimum atomic E-state index is -0.358. The molecule has 1 unspecified atom stereocenters. The first kappa shape index (κ1) is 13.0. The summed E-state index contributed by atoms with van der Waals surface area (Å²) in [6.07, 6.45) is 1.56. The third-order valence-electron chi connectivity index (χ3n) is 2.83. The van der Waals surface area contributed by atoms with Gasteiger partial charge in [-0.2, -0.15) is 5.26 Å². The van der Waals surface area contributed by atoms with E-state index in [4.69, 9.17) is 28.5 Å². The molecular formula is C12H11Cl2N3O. The number of rotatable bonds is 1. The molecular weight excluding hydrogens is 273 g/mol. The molecule has 94 valence electrons. The average Bonchev–Trinajstić information content (AvgIpc) is 2.82. The Bertz CT molecular complexity index is 513. The average molecular weight is 284 g/mol. The zero-order valence-electron chi connectivity index (χ0n) is 9.49. The normalized spacial score (nSPS) is 18.5. The molecule has 1 aliphatic rings. The lowest BCUT2D eigenvalue weighted by atomic mass is 10.2. The molecule has 1 N–H and O–H groups in total. The molecule has 1 aliphatic heterocycles. The highest BCUT2D eigenvalue weighted by Crippen LogP contribution is 2.26. The molecule has 1 saturated heterocycles. The van der Waals surface area contributed by atoms with Crippen LogP contribution < -0.4 is 5.32 Å². The van der Waals surface area contributed by atoms with Gasteiger partial charge < -0.3 is 10.2 Å². The van der Waals surface area contributed by atoms with E-state index >= 15 is 0 Å². The summed E-state index contributed by atoms with van der Waals surface area (Å²) in [4.78, 5) is 13.5. The number of anilines is 1. The quantitative estimate of drug-likeness (QED) is 0.857. The van der Waals surface area contributed by atoms with Gasteiger partial charge in [-0.05, 0) is 31.0 Å². The van der Waals surface area contributed by atoms with E-state index in [0.717, 1.165) is 6.42 Å². The number of carbonyl (C=O) groups excluding carboxylic acids is 1. The fraction of sp³-hybridized carbons (Fsp3) is 0.333. The van der Waals surface area contributed by atoms with Crippen LogP contribution in [0.2, 0.25) is 10.0 Å². The van der Waals surface area contributed by atoms with Gasteiger partial charge in [-0.1, -0.05) is 23.2 Å². The Hall–Kier alpha value is -1.44. The lowest BCUT2D eigenvalue weighted by molar-refractivity contribution is 0.215. The van der Waals surface area contributed by atoms with Gasteiger partial charge in [-0.15, -0.1) is 0 Å². The molecule has 1 heterocycles. The van der Waals surface area contributed by atoms with Crippen LogP contribution in [0, 0.1) is 11.3 Å². The van der Waals surface area contributed by atoms with Crippen molar-refractivity contribution in [3.63, 3.8) is 0 Å². The van der Waals surface area contributed by atoms with E-state index in [1.807, 2.05) is 0 Å². The molecule has 4 nitrogen and oxygen atoms in total. The van der Waals surface area contributed by atoms with Crippen molar-refractivity contribution >= 4 is 34.9 Å². The van der Waals surface area contributed by atoms with Crippen molar-refractivity contribution in [3.05, 3.63) is 28.2 Å². The number of hydrogen-bond donors (Lipinski definition) is 1. The first-order valence-corrected chi connectivity index (χ1v) is 6.29. The molecule has 0 aliphatic carbocycles. The van der Waals surface area contributed by atoms with Crippen LogP contribution in [-0.2, 0) is 0 Å². The number of carbonyl (C=O) groups is 1. The standard InChI is InChI=1S/C12H11Cl2N3O/c13-8-3-4-10(14)11(6-8)16-12(18)17-5-1-2-9(17)7-15/h3-4,6,9H,1-2,5H2,(H,16,18). The van der Waals surface area contributed by atoms with E-state index in [1.165, 1.54) is 4.90 Å². The molecule has 1 aromatic carbocycles. The number of halogens is 2. The number of likely N-dealkylation sites (tertiary alicyclic amines) is 1. The largest absolute Gasteiger partial charge is 0.322 e. The molecule has 0 bridgehead atoms. The number of urea groups is 1. The van der Waals surface area contributed by atoms with Crippen LogP contribution in [-0.4, -0.2) is 23.5 Å². The molecule has 18 heavy (non-hydrogen) atoms. The van der Waals surface area contributed by atoms with E-state index in [1.54, 1.807) is 18.2 Å². The number of hydrogen-bond acceptors (Lipinski definition) is 2. The molecule has 0 saturated carbocycles. The summed E-state index contributed by atoms with van der Waals surface area (Å²) in [6, 6.07) is 6.28. The highest BCUT2D eigenvalue weighted by atomic mass is 35.5. The Kier molecular flexibility index (Phi) is 3.95. The van der Waals surface area contributed by atoms with E-state index < -0.39 is 0 Å². The van der Waals surface area contributed by atoms with Gasteiger partial charge in [0.2, 0.25) is 0 Å². The molecule has 6 heteroatoms. The van der Waals surface area contributed by atoms with Crippen molar-refractivity contribution in [2.45, 2.75) is 18.9 Å². The van der Waals surface area contributed by atoms with Gasteiger partial charge >= 0.3 is 6.03 Å². The number of benzene rings is 1. The van der Waals surface area contributed by atoms with Gasteiger partial charge in [-0.3, -0.25) is 0 Å². The third kappa shape index (κ3) is 2.69. The van der Waals surface area contributed by atoms with Crippen LogP contribution in [0.3, 0.4) is 0 Å². The molecule has 0 spiro atoms. The van der Waals surface area contributed by atoms with Crippen LogP contribution in [0.4, 0.5) is 10.5 Å². The van der Waals surface area contributed by atoms with Gasteiger partial charge in [0.25, 0.3) is 0 Å². The molecule has 1 aromatic rings. The Balaban J connectivity index is 2.12. The summed E-state index contributed by atoms with van der Waals surface area (Å²) in [6.45, 7) is 0.586. The second-order valence-electron chi connectivity index (χ2n) is 4.03. The Morgan fingerprint density at radius 2 is 2.28 bits per heavy atom. The SMILES string of the molecule is N#CC1CCCN1C(=O)Nc1cc(Cl)ccc1Cl. The van der Waals surface area contributed by atoms with E-state index in [9.17, 15) is 4.79 Å². The summed E-state index contributed by atoms with van der Waals surface area (Å²) >= 11 is 11.8. The van der Waals surface area contributed by atoms with Crippen molar-refractivity contribution in [1.29, 1.82) is 5.26 Å². The highest BCUT2D eigenvalue weighted by molar-refractivity contribution is 6.35. The summed E-state index contributed by atoms with van der Waals surface area (Å²) in [5.41, 5.74) is 0.456. The van der Waals surface area contributed by atoms with Crippen molar-refractivity contribution in [2.75, 3.05) is 11.9 Å². The van der Waals surface area contributed by atoms with E-state index in [2.05, 4.69) is 11.4 Å². The molecule has 0 aromatic heterocycles. The van der Waals surface area contributed by atoms with Crippen molar-refractivity contribution in [3.8, 4) is 6.07 Å². The second-order valence-corrected chi connectivity index (χ2v) is 4.88. The lowest BCUT2D eigenvalue weighted by Gasteiger charge is -2.20. The van der Waals surface area contributed by atoms with Gasteiger partial charge in [0.1, 0.15) is 6.04 Å². The predicted octanol–water partition coefficient (Wildman–Crippen LogP) is 3.51. The van der Waals surface area contributed by atoms with Crippen LogP contribution >= 0.6 is 23.2 Å². The van der Waals surface area contributed by atoms with Crippen LogP contribution in [0.1, 0.15) is 12.8 Å². The first-order valence-electron chi connectivity index (χ1n) is 5.54. The molecule has 2 rings (SSSR count). The maximum Gasteiger partial charge on any atom is 0.322 e. The van der Waals surface area contributed by atoms with Crippen molar-refractivity contribution in [1.82, 2.24) is 4.90 Å². The van der Waals surface area contributed by atoms with Gasteiger partial charge in [0, 0.05) is 11.6 Å². The van der Waals surface area contributed by atoms with E-state index in [-0.39, 0.29) is 12.1 Å². The molecule has 1 fully saturated rings. The Labute approximate surface area is 115 Å². The van der Waals surface area contributed by atoms with Gasteiger partial charge in [0.15, 0.2) is 0 Å². The zero-order chi connectivity index (χ0) is 13.1. The number of amides is 2. The monoisotopic (exact) mass is 283 g/mol. The predicted molar refractivity (Wildman–Crippen MR) is 70.8 cm³/mol. The van der Waals surface area contributed by atoms with Gasteiger partial charge in [-0.25, -0.2) is 4.79 Å². The smallest absolute Gasteiger partial charge is 0.308 e. The number of nitriles is 1. The zero-order valence-corrected chi connectivity index (χ0v) is 11.0. The topological polar surface area (TPSA) is 56.1 Å². The maximum absolute atomic E-state index is 12.0. The highest BCUT2D eigenvalue weighted by Gasteiger charge is 2.28. The van der Waals surface area contributed by atoms with Crippen LogP contribution in [0.15, 0.2) is 18.2 Å². The van der Waals surface area contributed by atoms with Gasteiger partial charge in [0.05, 0.1) is 16.8 Å². The summed E-state index contributed by atoms with van der Waals surface area (Å²) < 4.78 is 0. The minimum Gasteiger partial charge on any atom is -0.308 e. The van der Waals surface area contributed by atoms with Crippen LogP contribution in [0.5, 0.6) is 0 Å². The lowest BCUT2D eigenvalue weighted by Crippen LogP contribution is -2.37. The third-order valence-corrected chi connectivity index (χ3v) is 3.40. The number of nitrogens with one attached hydrogen (secondary N) is 1. The number of nitrogens with zero attached hydrogens (tertiary/aromatic N) is 2. The summed E-state index contributed by atoms with van der Waals surface area (Å²) in [5.74, 6) is 0. The molecule has 2 amide bonds. The maximum atomic E-state index is 12.0. The first-order chi connectivity index (χ1) is 8.61. The Morgan fingerprint density at radius 1 is 1.50 bits per heavy atom. The molecule has 0 radical (unpaired) electrons. The van der Waals surface area contributed by atoms with E-state index in [0.29, 0.717) is 28.7 Å². The van der Waals surface area contributed by atoms with Crippen LogP contribution in [0.25, 0.3) is 0 Å². The Morgan fingerprint density at radius 3 is 3.00 bits per heavy atom. The minimum absolute atomic E-state index is 0.316. The fourth-order valence-corrected chi connectivity index (χ4v) is 2.26. The van der Waals surface area contributed by atoms with Crippen molar-refractivity contribution in [2.24, 2.45) is 0 Å². The van der Waals surface area contributed by atoms with Crippen molar-refractivity contribution < 1.29 is 4.79 Å².